The van der Waals surface area contributed by atoms with Gasteiger partial charge in [0.15, 0.2) is 0 Å². The quantitative estimate of drug-likeness (QED) is 0.660. The fourth-order valence-electron chi connectivity index (χ4n) is 1.67. The zero-order valence-corrected chi connectivity index (χ0v) is 7.90. The number of carboxylic acid groups (broad SMARTS) is 1. The molecule has 4 heteroatoms. The highest BCUT2D eigenvalue weighted by molar-refractivity contribution is 5.93. The van der Waals surface area contributed by atoms with E-state index in [0.717, 1.165) is 6.42 Å². The first-order chi connectivity index (χ1) is 6.63. The molecule has 1 N–H and O–H groups in total. The molecule has 0 bridgehead atoms. The van der Waals surface area contributed by atoms with Crippen LogP contribution in [0.4, 0.5) is 0 Å². The topological polar surface area (TPSA) is 57.6 Å². The Morgan fingerprint density at radius 1 is 1.57 bits per heavy atom. The van der Waals surface area contributed by atoms with Crippen molar-refractivity contribution in [3.05, 3.63) is 0 Å². The van der Waals surface area contributed by atoms with Crippen molar-refractivity contribution in [1.29, 1.82) is 0 Å². The van der Waals surface area contributed by atoms with Crippen LogP contribution >= 0.6 is 0 Å². The van der Waals surface area contributed by atoms with Crippen LogP contribution in [0.2, 0.25) is 0 Å². The number of nitrogens with zero attached hydrogens (tertiary/aromatic N) is 1. The number of aliphatic carboxylic acids is 1. The first-order valence-corrected chi connectivity index (χ1v) is 4.60. The summed E-state index contributed by atoms with van der Waals surface area (Å²) in [6.07, 6.45) is 6.64. The maximum atomic E-state index is 11.1. The number of amides is 1. The van der Waals surface area contributed by atoms with E-state index >= 15 is 0 Å². The van der Waals surface area contributed by atoms with Gasteiger partial charge >= 0.3 is 5.97 Å². The zero-order chi connectivity index (χ0) is 10.6. The molecule has 0 aliphatic carbocycles. The summed E-state index contributed by atoms with van der Waals surface area (Å²) in [6.45, 7) is 1.27. The lowest BCUT2D eigenvalue weighted by Gasteiger charge is -2.12. The van der Waals surface area contributed by atoms with Crippen LogP contribution in [-0.2, 0) is 9.59 Å². The van der Waals surface area contributed by atoms with Gasteiger partial charge in [-0.3, -0.25) is 9.59 Å². The Morgan fingerprint density at radius 3 is 2.86 bits per heavy atom. The number of hydrogen-bond donors (Lipinski definition) is 1. The molecule has 0 radical (unpaired) electrons. The lowest BCUT2D eigenvalue weighted by Crippen LogP contribution is -2.27. The summed E-state index contributed by atoms with van der Waals surface area (Å²) in [4.78, 5) is 23.0. The highest BCUT2D eigenvalue weighted by Crippen LogP contribution is 2.20. The Hall–Kier alpha value is -1.50. The molecule has 0 aromatic heterocycles. The largest absolute Gasteiger partial charge is 0.481 e. The molecule has 0 aromatic carbocycles. The Labute approximate surface area is 82.9 Å². The van der Waals surface area contributed by atoms with Gasteiger partial charge in [-0.05, 0) is 24.7 Å². The number of terminal acetylenes is 1. The van der Waals surface area contributed by atoms with Crippen molar-refractivity contribution in [2.24, 2.45) is 5.92 Å². The summed E-state index contributed by atoms with van der Waals surface area (Å²) in [5, 5.41) is 8.48. The fourth-order valence-corrected chi connectivity index (χ4v) is 1.67. The van der Waals surface area contributed by atoms with E-state index in [1.807, 2.05) is 0 Å². The molecule has 1 aliphatic rings. The van der Waals surface area contributed by atoms with Crippen LogP contribution in [0.3, 0.4) is 0 Å². The third kappa shape index (κ3) is 2.77. The second-order valence-corrected chi connectivity index (χ2v) is 3.48. The third-order valence-electron chi connectivity index (χ3n) is 2.46. The van der Waals surface area contributed by atoms with Gasteiger partial charge in [0.2, 0.25) is 0 Å². The number of carboxylic acids is 1. The van der Waals surface area contributed by atoms with Crippen molar-refractivity contribution < 1.29 is 14.7 Å². The fraction of sp³-hybridized carbons (Fsp3) is 0.600. The SMILES string of the molecule is C#CC(=O)N1CCC(CCC(=O)O)C1. The van der Waals surface area contributed by atoms with Gasteiger partial charge in [0.05, 0.1) is 0 Å². The van der Waals surface area contributed by atoms with E-state index in [9.17, 15) is 9.59 Å². The van der Waals surface area contributed by atoms with Crippen LogP contribution in [0.1, 0.15) is 19.3 Å². The van der Waals surface area contributed by atoms with Crippen molar-refractivity contribution in [3.8, 4) is 12.3 Å². The molecule has 1 aliphatic heterocycles. The molecule has 1 atom stereocenters. The molecule has 1 saturated heterocycles. The summed E-state index contributed by atoms with van der Waals surface area (Å²) >= 11 is 0. The molecule has 1 rings (SSSR count). The number of rotatable bonds is 3. The number of likely N-dealkylation sites (tertiary alicyclic amines) is 1. The molecule has 1 fully saturated rings. The molecular weight excluding hydrogens is 182 g/mol. The molecule has 76 valence electrons. The Kier molecular flexibility index (Phi) is 3.52. The van der Waals surface area contributed by atoms with Gasteiger partial charge in [-0.25, -0.2) is 0 Å². The maximum absolute atomic E-state index is 11.1. The molecule has 1 unspecified atom stereocenters. The predicted octanol–water partition coefficient (Wildman–Crippen LogP) is 0.333. The summed E-state index contributed by atoms with van der Waals surface area (Å²) in [6, 6.07) is 0. The van der Waals surface area contributed by atoms with Crippen molar-refractivity contribution in [2.45, 2.75) is 19.3 Å². The average molecular weight is 195 g/mol. The first-order valence-electron chi connectivity index (χ1n) is 4.60. The molecule has 14 heavy (non-hydrogen) atoms. The minimum atomic E-state index is -0.785. The lowest BCUT2D eigenvalue weighted by molar-refractivity contribution is -0.137. The van der Waals surface area contributed by atoms with Gasteiger partial charge in [0.1, 0.15) is 0 Å². The molecule has 0 aromatic rings. The van der Waals surface area contributed by atoms with Crippen LogP contribution in [0.15, 0.2) is 0 Å². The van der Waals surface area contributed by atoms with Gasteiger partial charge in [-0.2, -0.15) is 0 Å². The lowest BCUT2D eigenvalue weighted by atomic mass is 10.0. The second kappa shape index (κ2) is 4.66. The number of carbonyl (C=O) groups is 2. The van der Waals surface area contributed by atoms with Crippen LogP contribution < -0.4 is 0 Å². The second-order valence-electron chi connectivity index (χ2n) is 3.48. The predicted molar refractivity (Wildman–Crippen MR) is 50.4 cm³/mol. The molecule has 0 spiro atoms. The average Bonchev–Trinajstić information content (AvgIpc) is 2.62. The normalized spacial score (nSPS) is 20.5. The molecule has 1 heterocycles. The van der Waals surface area contributed by atoms with Gasteiger partial charge < -0.3 is 10.0 Å². The number of hydrogen-bond acceptors (Lipinski definition) is 2. The Morgan fingerprint density at radius 2 is 2.29 bits per heavy atom. The van der Waals surface area contributed by atoms with E-state index in [2.05, 4.69) is 5.92 Å². The van der Waals surface area contributed by atoms with E-state index in [-0.39, 0.29) is 12.3 Å². The summed E-state index contributed by atoms with van der Waals surface area (Å²) < 4.78 is 0. The van der Waals surface area contributed by atoms with Crippen molar-refractivity contribution >= 4 is 11.9 Å². The van der Waals surface area contributed by atoms with Gasteiger partial charge in [-0.1, -0.05) is 0 Å². The van der Waals surface area contributed by atoms with E-state index in [4.69, 9.17) is 11.5 Å². The van der Waals surface area contributed by atoms with Crippen LogP contribution in [0.5, 0.6) is 0 Å². The standard InChI is InChI=1S/C10H13NO3/c1-2-9(12)11-6-5-8(7-11)3-4-10(13)14/h1,8H,3-7H2,(H,13,14). The number of carbonyl (C=O) groups excluding carboxylic acids is 1. The van der Waals surface area contributed by atoms with E-state index in [1.165, 1.54) is 0 Å². The maximum Gasteiger partial charge on any atom is 0.303 e. The minimum absolute atomic E-state index is 0.169. The molecular formula is C10H13NO3. The summed E-state index contributed by atoms with van der Waals surface area (Å²) in [5.41, 5.74) is 0. The van der Waals surface area contributed by atoms with Crippen molar-refractivity contribution in [2.75, 3.05) is 13.1 Å². The molecule has 0 saturated carbocycles. The van der Waals surface area contributed by atoms with Gasteiger partial charge in [-0.15, -0.1) is 6.42 Å². The van der Waals surface area contributed by atoms with Crippen LogP contribution in [0.25, 0.3) is 0 Å². The van der Waals surface area contributed by atoms with Crippen LogP contribution in [0, 0.1) is 18.3 Å². The highest BCUT2D eigenvalue weighted by atomic mass is 16.4. The smallest absolute Gasteiger partial charge is 0.303 e. The molecule has 1 amide bonds. The van der Waals surface area contributed by atoms with Gasteiger partial charge in [0, 0.05) is 19.5 Å². The first kappa shape index (κ1) is 10.6. The van der Waals surface area contributed by atoms with Gasteiger partial charge in [0.25, 0.3) is 5.91 Å². The van der Waals surface area contributed by atoms with Crippen LogP contribution in [-0.4, -0.2) is 35.0 Å². The molecule has 4 nitrogen and oxygen atoms in total. The summed E-state index contributed by atoms with van der Waals surface area (Å²) in [7, 11) is 0. The Bertz CT molecular complexity index is 280. The summed E-state index contributed by atoms with van der Waals surface area (Å²) in [5.74, 6) is 1.28. The van der Waals surface area contributed by atoms with Crippen molar-refractivity contribution in [1.82, 2.24) is 4.90 Å². The Balaban J connectivity index is 2.31. The third-order valence-corrected chi connectivity index (χ3v) is 2.46. The van der Waals surface area contributed by atoms with Crippen molar-refractivity contribution in [3.63, 3.8) is 0 Å². The minimum Gasteiger partial charge on any atom is -0.481 e. The monoisotopic (exact) mass is 195 g/mol. The van der Waals surface area contributed by atoms with E-state index in [1.54, 1.807) is 4.90 Å². The zero-order valence-electron chi connectivity index (χ0n) is 7.90. The van der Waals surface area contributed by atoms with E-state index in [0.29, 0.717) is 25.4 Å². The highest BCUT2D eigenvalue weighted by Gasteiger charge is 2.25. The van der Waals surface area contributed by atoms with E-state index < -0.39 is 5.97 Å².